The summed E-state index contributed by atoms with van der Waals surface area (Å²) in [7, 11) is 2.05. The van der Waals surface area contributed by atoms with Crippen molar-refractivity contribution in [2.75, 3.05) is 31.1 Å². The van der Waals surface area contributed by atoms with Crippen LogP contribution in [-0.4, -0.2) is 47.8 Å². The second-order valence-corrected chi connectivity index (χ2v) is 7.12. The molecule has 0 radical (unpaired) electrons. The number of carbonyl (C=O) groups excluding carboxylic acids is 1. The number of hydrogen-bond donors (Lipinski definition) is 1. The third-order valence-corrected chi connectivity index (χ3v) is 5.37. The fraction of sp³-hybridized carbons (Fsp3) is 0.579. The number of benzene rings is 1. The Balaban J connectivity index is 1.43. The van der Waals surface area contributed by atoms with Crippen LogP contribution >= 0.6 is 0 Å². The molecule has 1 amide bonds. The van der Waals surface area contributed by atoms with Gasteiger partial charge in [0.25, 0.3) is 0 Å². The molecule has 6 nitrogen and oxygen atoms in total. The van der Waals surface area contributed by atoms with Crippen molar-refractivity contribution in [2.24, 2.45) is 13.0 Å². The molecule has 1 aromatic carbocycles. The number of nitrogens with one attached hydrogen (secondary N) is 1. The van der Waals surface area contributed by atoms with Gasteiger partial charge in [-0.1, -0.05) is 12.1 Å². The number of para-hydroxylation sites is 2. The van der Waals surface area contributed by atoms with Crippen molar-refractivity contribution >= 4 is 22.9 Å². The van der Waals surface area contributed by atoms with Gasteiger partial charge in [-0.05, 0) is 37.8 Å². The summed E-state index contributed by atoms with van der Waals surface area (Å²) in [5.74, 6) is 1.13. The predicted molar refractivity (Wildman–Crippen MR) is 97.6 cm³/mol. The number of aryl methyl sites for hydroxylation is 1. The molecule has 2 aromatic rings. The number of anilines is 1. The van der Waals surface area contributed by atoms with E-state index in [2.05, 4.69) is 20.9 Å². The molecule has 2 fully saturated rings. The summed E-state index contributed by atoms with van der Waals surface area (Å²) < 4.78 is 7.72. The third kappa shape index (κ3) is 3.35. The summed E-state index contributed by atoms with van der Waals surface area (Å²) in [6.45, 7) is 3.15. The van der Waals surface area contributed by atoms with Crippen LogP contribution < -0.4 is 10.2 Å². The van der Waals surface area contributed by atoms with Crippen molar-refractivity contribution in [1.82, 2.24) is 14.9 Å². The molecule has 6 heteroatoms. The summed E-state index contributed by atoms with van der Waals surface area (Å²) in [5, 5.41) is 3.09. The number of nitrogens with zero attached hydrogens (tertiary/aromatic N) is 3. The average molecular weight is 342 g/mol. The van der Waals surface area contributed by atoms with Gasteiger partial charge in [-0.25, -0.2) is 4.98 Å². The summed E-state index contributed by atoms with van der Waals surface area (Å²) in [5.41, 5.74) is 2.13. The Morgan fingerprint density at radius 2 is 2.20 bits per heavy atom. The van der Waals surface area contributed by atoms with Crippen molar-refractivity contribution < 1.29 is 9.53 Å². The SMILES string of the molecule is Cn1c(N2CCC[C@@H](C(=O)NC[C@H]3CCCO3)C2)nc2ccccc21. The van der Waals surface area contributed by atoms with Gasteiger partial charge in [0.15, 0.2) is 0 Å². The zero-order valence-corrected chi connectivity index (χ0v) is 14.8. The molecule has 2 saturated heterocycles. The van der Waals surface area contributed by atoms with Gasteiger partial charge in [0, 0.05) is 33.3 Å². The molecule has 2 aliphatic heterocycles. The van der Waals surface area contributed by atoms with Crippen LogP contribution in [0.15, 0.2) is 24.3 Å². The van der Waals surface area contributed by atoms with Gasteiger partial charge >= 0.3 is 0 Å². The van der Waals surface area contributed by atoms with E-state index in [0.29, 0.717) is 6.54 Å². The zero-order valence-electron chi connectivity index (χ0n) is 14.8. The maximum atomic E-state index is 12.6. The van der Waals surface area contributed by atoms with Crippen LogP contribution in [0.5, 0.6) is 0 Å². The molecule has 0 spiro atoms. The second kappa shape index (κ2) is 7.04. The van der Waals surface area contributed by atoms with Crippen LogP contribution in [0.25, 0.3) is 11.0 Å². The van der Waals surface area contributed by atoms with Gasteiger partial charge < -0.3 is 19.5 Å². The maximum absolute atomic E-state index is 12.6. The van der Waals surface area contributed by atoms with Crippen molar-refractivity contribution in [3.8, 4) is 0 Å². The van der Waals surface area contributed by atoms with Crippen molar-refractivity contribution in [3.05, 3.63) is 24.3 Å². The van der Waals surface area contributed by atoms with Crippen LogP contribution in [0.1, 0.15) is 25.7 Å². The van der Waals surface area contributed by atoms with Crippen molar-refractivity contribution in [2.45, 2.75) is 31.8 Å². The Labute approximate surface area is 148 Å². The molecule has 3 heterocycles. The number of imidazole rings is 1. The number of amides is 1. The summed E-state index contributed by atoms with van der Waals surface area (Å²) in [6.07, 6.45) is 4.31. The number of ether oxygens (including phenoxy) is 1. The number of fused-ring (bicyclic) bond motifs is 1. The minimum absolute atomic E-state index is 0.0231. The lowest BCUT2D eigenvalue weighted by atomic mass is 9.97. The highest BCUT2D eigenvalue weighted by Crippen LogP contribution is 2.26. The molecule has 0 saturated carbocycles. The van der Waals surface area contributed by atoms with E-state index in [0.717, 1.165) is 62.4 Å². The highest BCUT2D eigenvalue weighted by molar-refractivity contribution is 5.81. The molecule has 0 unspecified atom stereocenters. The quantitative estimate of drug-likeness (QED) is 0.924. The molecular formula is C19H26N4O2. The van der Waals surface area contributed by atoms with Crippen molar-refractivity contribution in [3.63, 3.8) is 0 Å². The van der Waals surface area contributed by atoms with E-state index >= 15 is 0 Å². The van der Waals surface area contributed by atoms with Crippen molar-refractivity contribution in [1.29, 1.82) is 0 Å². The van der Waals surface area contributed by atoms with Gasteiger partial charge in [0.2, 0.25) is 11.9 Å². The van der Waals surface area contributed by atoms with Gasteiger partial charge in [0.1, 0.15) is 0 Å². The first-order valence-corrected chi connectivity index (χ1v) is 9.28. The third-order valence-electron chi connectivity index (χ3n) is 5.37. The number of rotatable bonds is 4. The van der Waals surface area contributed by atoms with Crippen LogP contribution in [0.2, 0.25) is 0 Å². The van der Waals surface area contributed by atoms with Gasteiger partial charge in [0.05, 0.1) is 23.1 Å². The number of piperidine rings is 1. The molecule has 2 aliphatic rings. The zero-order chi connectivity index (χ0) is 17.2. The topological polar surface area (TPSA) is 59.4 Å². The summed E-state index contributed by atoms with van der Waals surface area (Å²) in [4.78, 5) is 19.6. The smallest absolute Gasteiger partial charge is 0.224 e. The first-order valence-electron chi connectivity index (χ1n) is 9.28. The summed E-state index contributed by atoms with van der Waals surface area (Å²) in [6, 6.07) is 8.16. The van der Waals surface area contributed by atoms with E-state index in [9.17, 15) is 4.79 Å². The minimum atomic E-state index is 0.0231. The number of aromatic nitrogens is 2. The van der Waals surface area contributed by atoms with E-state index in [1.807, 2.05) is 25.2 Å². The van der Waals surface area contributed by atoms with Crippen LogP contribution in [0.4, 0.5) is 5.95 Å². The monoisotopic (exact) mass is 342 g/mol. The normalized spacial score (nSPS) is 24.0. The Bertz CT molecular complexity index is 751. The Kier molecular flexibility index (Phi) is 4.61. The molecule has 2 atom stereocenters. The van der Waals surface area contributed by atoms with Gasteiger partial charge in [-0.2, -0.15) is 0 Å². The Hall–Kier alpha value is -2.08. The molecule has 1 N–H and O–H groups in total. The lowest BCUT2D eigenvalue weighted by molar-refractivity contribution is -0.125. The predicted octanol–water partition coefficient (Wildman–Crippen LogP) is 2.08. The molecule has 4 rings (SSSR count). The highest BCUT2D eigenvalue weighted by Gasteiger charge is 2.28. The summed E-state index contributed by atoms with van der Waals surface area (Å²) >= 11 is 0. The fourth-order valence-electron chi connectivity index (χ4n) is 3.95. The standard InChI is InChI=1S/C19H26N4O2/c1-22-17-9-3-2-8-16(17)21-19(22)23-10-4-6-14(13-23)18(24)20-12-15-7-5-11-25-15/h2-3,8-9,14-15H,4-7,10-13H2,1H3,(H,20,24)/t14-,15-/m1/s1. The van der Waals surface area contributed by atoms with E-state index < -0.39 is 0 Å². The molecule has 25 heavy (non-hydrogen) atoms. The molecule has 1 aromatic heterocycles. The van der Waals surface area contributed by atoms with Gasteiger partial charge in [-0.15, -0.1) is 0 Å². The minimum Gasteiger partial charge on any atom is -0.376 e. The first kappa shape index (κ1) is 16.4. The maximum Gasteiger partial charge on any atom is 0.224 e. The van der Waals surface area contributed by atoms with E-state index in [-0.39, 0.29) is 17.9 Å². The largest absolute Gasteiger partial charge is 0.376 e. The second-order valence-electron chi connectivity index (χ2n) is 7.12. The van der Waals surface area contributed by atoms with Crippen LogP contribution in [0.3, 0.4) is 0 Å². The van der Waals surface area contributed by atoms with E-state index in [1.165, 1.54) is 0 Å². The Morgan fingerprint density at radius 1 is 1.32 bits per heavy atom. The first-order chi connectivity index (χ1) is 12.2. The Morgan fingerprint density at radius 3 is 3.00 bits per heavy atom. The lowest BCUT2D eigenvalue weighted by Gasteiger charge is -2.32. The number of carbonyl (C=O) groups is 1. The molecule has 0 bridgehead atoms. The van der Waals surface area contributed by atoms with Crippen LogP contribution in [-0.2, 0) is 16.6 Å². The van der Waals surface area contributed by atoms with E-state index in [1.54, 1.807) is 0 Å². The average Bonchev–Trinajstić information content (AvgIpc) is 3.28. The lowest BCUT2D eigenvalue weighted by Crippen LogP contribution is -2.45. The van der Waals surface area contributed by atoms with Gasteiger partial charge in [-0.3, -0.25) is 4.79 Å². The highest BCUT2D eigenvalue weighted by atomic mass is 16.5. The number of hydrogen-bond acceptors (Lipinski definition) is 4. The molecule has 0 aliphatic carbocycles. The molecular weight excluding hydrogens is 316 g/mol. The fourth-order valence-corrected chi connectivity index (χ4v) is 3.95. The van der Waals surface area contributed by atoms with Crippen LogP contribution in [0, 0.1) is 5.92 Å². The molecule has 134 valence electrons. The van der Waals surface area contributed by atoms with E-state index in [4.69, 9.17) is 9.72 Å².